The molecular formula is C19H32O3. The first-order valence-corrected chi connectivity index (χ1v) is 9.46. The Hall–Kier alpha value is -0.120. The fourth-order valence-corrected chi connectivity index (χ4v) is 7.29. The summed E-state index contributed by atoms with van der Waals surface area (Å²) in [4.78, 5) is 0. The van der Waals surface area contributed by atoms with Crippen LogP contribution in [-0.2, 0) is 0 Å². The summed E-state index contributed by atoms with van der Waals surface area (Å²) in [5.41, 5.74) is 0.0884. The van der Waals surface area contributed by atoms with Gasteiger partial charge in [-0.25, -0.2) is 0 Å². The summed E-state index contributed by atoms with van der Waals surface area (Å²) in [5.74, 6) is 3.29. The summed E-state index contributed by atoms with van der Waals surface area (Å²) >= 11 is 0. The molecule has 4 aliphatic carbocycles. The maximum Gasteiger partial charge on any atom is 0.0596 e. The van der Waals surface area contributed by atoms with E-state index in [4.69, 9.17) is 0 Å². The lowest BCUT2D eigenvalue weighted by molar-refractivity contribution is -0.147. The lowest BCUT2D eigenvalue weighted by Gasteiger charge is -2.58. The van der Waals surface area contributed by atoms with Crippen molar-refractivity contribution in [3.63, 3.8) is 0 Å². The van der Waals surface area contributed by atoms with E-state index in [1.165, 1.54) is 6.42 Å². The van der Waals surface area contributed by atoms with E-state index in [0.717, 1.165) is 38.5 Å². The molecule has 0 aliphatic heterocycles. The van der Waals surface area contributed by atoms with Crippen molar-refractivity contribution in [3.05, 3.63) is 0 Å². The molecule has 3 heteroatoms. The molecule has 0 bridgehead atoms. The zero-order valence-corrected chi connectivity index (χ0v) is 14.0. The van der Waals surface area contributed by atoms with Gasteiger partial charge in [0.2, 0.25) is 0 Å². The van der Waals surface area contributed by atoms with Gasteiger partial charge in [-0.1, -0.05) is 13.8 Å². The lowest BCUT2D eigenvalue weighted by atomic mass is 9.48. The van der Waals surface area contributed by atoms with Gasteiger partial charge in [-0.05, 0) is 85.9 Å². The van der Waals surface area contributed by atoms with Gasteiger partial charge in [0.15, 0.2) is 0 Å². The minimum atomic E-state index is -0.247. The molecule has 0 saturated heterocycles. The monoisotopic (exact) mass is 308 g/mol. The summed E-state index contributed by atoms with van der Waals surface area (Å²) in [6, 6.07) is 0. The van der Waals surface area contributed by atoms with E-state index in [9.17, 15) is 15.3 Å². The second-order valence-electron chi connectivity index (χ2n) is 9.22. The van der Waals surface area contributed by atoms with Gasteiger partial charge in [-0.2, -0.15) is 0 Å². The molecule has 4 fully saturated rings. The Morgan fingerprint density at radius 2 is 1.64 bits per heavy atom. The Bertz CT molecular complexity index is 438. The zero-order chi connectivity index (χ0) is 15.6. The third-order valence-corrected chi connectivity index (χ3v) is 8.28. The minimum absolute atomic E-state index is 0.0884. The van der Waals surface area contributed by atoms with Crippen LogP contribution in [0.25, 0.3) is 0 Å². The van der Waals surface area contributed by atoms with Crippen LogP contribution in [0.5, 0.6) is 0 Å². The average molecular weight is 308 g/mol. The van der Waals surface area contributed by atoms with E-state index in [0.29, 0.717) is 35.5 Å². The number of hydrogen-bond donors (Lipinski definition) is 3. The fourth-order valence-electron chi connectivity index (χ4n) is 7.29. The second kappa shape index (κ2) is 5.19. The quantitative estimate of drug-likeness (QED) is 0.644. The summed E-state index contributed by atoms with van der Waals surface area (Å²) in [5, 5.41) is 31.4. The van der Waals surface area contributed by atoms with Crippen molar-refractivity contribution in [2.75, 3.05) is 0 Å². The van der Waals surface area contributed by atoms with Gasteiger partial charge in [0.05, 0.1) is 18.3 Å². The van der Waals surface area contributed by atoms with Gasteiger partial charge in [0, 0.05) is 0 Å². The second-order valence-corrected chi connectivity index (χ2v) is 9.22. The first-order chi connectivity index (χ1) is 10.4. The van der Waals surface area contributed by atoms with Crippen LogP contribution in [0, 0.1) is 40.9 Å². The van der Waals surface area contributed by atoms with Crippen molar-refractivity contribution in [2.45, 2.75) is 77.1 Å². The van der Waals surface area contributed by atoms with Crippen LogP contribution < -0.4 is 0 Å². The van der Waals surface area contributed by atoms with Crippen LogP contribution in [0.15, 0.2) is 0 Å². The molecule has 0 aromatic rings. The van der Waals surface area contributed by atoms with Crippen LogP contribution in [0.2, 0.25) is 0 Å². The normalized spacial score (nSPS) is 61.2. The van der Waals surface area contributed by atoms with Gasteiger partial charge >= 0.3 is 0 Å². The molecule has 4 saturated carbocycles. The molecule has 0 heterocycles. The number of hydrogen-bond acceptors (Lipinski definition) is 3. The Labute approximate surface area is 134 Å². The summed E-state index contributed by atoms with van der Waals surface area (Å²) in [7, 11) is 0. The van der Waals surface area contributed by atoms with Crippen LogP contribution in [0.4, 0.5) is 0 Å². The van der Waals surface area contributed by atoms with Gasteiger partial charge in [-0.15, -0.1) is 0 Å². The molecule has 0 amide bonds. The fraction of sp³-hybridized carbons (Fsp3) is 1.00. The van der Waals surface area contributed by atoms with Crippen molar-refractivity contribution in [1.82, 2.24) is 0 Å². The van der Waals surface area contributed by atoms with Crippen LogP contribution in [-0.4, -0.2) is 33.6 Å². The molecule has 3 nitrogen and oxygen atoms in total. The Morgan fingerprint density at radius 1 is 0.864 bits per heavy atom. The molecule has 126 valence electrons. The predicted octanol–water partition coefficient (Wildman–Crippen LogP) is 2.58. The maximum absolute atomic E-state index is 10.8. The first-order valence-electron chi connectivity index (χ1n) is 9.46. The highest BCUT2D eigenvalue weighted by atomic mass is 16.3. The standard InChI is InChI=1S/C19H32O3/c1-10-7-11(20)8-14-16(21)9-13-12(18(10)14)5-6-19(2)15(13)3-4-17(19)22/h10-18,20-22H,3-9H2,1-2H3/t10-,11+,12+,13-,14-,15+,16+,17+,18?,19+/m1/s1. The average Bonchev–Trinajstić information content (AvgIpc) is 2.75. The van der Waals surface area contributed by atoms with Gasteiger partial charge in [-0.3, -0.25) is 0 Å². The zero-order valence-electron chi connectivity index (χ0n) is 14.0. The highest BCUT2D eigenvalue weighted by Crippen LogP contribution is 2.63. The summed E-state index contributed by atoms with van der Waals surface area (Å²) in [6.45, 7) is 4.57. The van der Waals surface area contributed by atoms with Gasteiger partial charge in [0.25, 0.3) is 0 Å². The predicted molar refractivity (Wildman–Crippen MR) is 85.1 cm³/mol. The molecule has 0 spiro atoms. The van der Waals surface area contributed by atoms with E-state index < -0.39 is 0 Å². The van der Waals surface area contributed by atoms with E-state index in [2.05, 4.69) is 13.8 Å². The van der Waals surface area contributed by atoms with Gasteiger partial charge in [0.1, 0.15) is 0 Å². The minimum Gasteiger partial charge on any atom is -0.393 e. The van der Waals surface area contributed by atoms with Crippen LogP contribution >= 0.6 is 0 Å². The largest absolute Gasteiger partial charge is 0.393 e. The third-order valence-electron chi connectivity index (χ3n) is 8.28. The van der Waals surface area contributed by atoms with Crippen molar-refractivity contribution in [3.8, 4) is 0 Å². The number of aliphatic hydroxyl groups is 3. The number of rotatable bonds is 0. The molecule has 0 aromatic heterocycles. The molecule has 0 aromatic carbocycles. The Balaban J connectivity index is 1.64. The lowest BCUT2D eigenvalue weighted by Crippen LogP contribution is -2.55. The highest BCUT2D eigenvalue weighted by molar-refractivity contribution is 5.08. The van der Waals surface area contributed by atoms with Crippen molar-refractivity contribution in [1.29, 1.82) is 0 Å². The van der Waals surface area contributed by atoms with E-state index in [-0.39, 0.29) is 23.7 Å². The number of aliphatic hydroxyl groups excluding tert-OH is 3. The van der Waals surface area contributed by atoms with E-state index in [1.807, 2.05) is 0 Å². The summed E-state index contributed by atoms with van der Waals surface area (Å²) < 4.78 is 0. The van der Waals surface area contributed by atoms with Crippen LogP contribution in [0.1, 0.15) is 58.8 Å². The topological polar surface area (TPSA) is 60.7 Å². The Morgan fingerprint density at radius 3 is 2.41 bits per heavy atom. The van der Waals surface area contributed by atoms with E-state index in [1.54, 1.807) is 0 Å². The molecule has 4 aliphatic rings. The highest BCUT2D eigenvalue weighted by Gasteiger charge is 2.59. The molecule has 4 rings (SSSR count). The van der Waals surface area contributed by atoms with Crippen molar-refractivity contribution in [2.24, 2.45) is 40.9 Å². The smallest absolute Gasteiger partial charge is 0.0596 e. The molecule has 1 unspecified atom stereocenters. The number of fused-ring (bicyclic) bond motifs is 5. The molecule has 22 heavy (non-hydrogen) atoms. The van der Waals surface area contributed by atoms with Crippen molar-refractivity contribution >= 4 is 0 Å². The SMILES string of the molecule is C[C@@H]1C[C@H](O)C[C@H]2C1[C@H]1CC[C@]3(C)[C@@H](O)CC[C@H]3[C@@H]1C[C@@H]2O. The van der Waals surface area contributed by atoms with Gasteiger partial charge < -0.3 is 15.3 Å². The molecular weight excluding hydrogens is 276 g/mol. The molecule has 10 atom stereocenters. The maximum atomic E-state index is 10.8. The van der Waals surface area contributed by atoms with Crippen molar-refractivity contribution < 1.29 is 15.3 Å². The molecule has 3 N–H and O–H groups in total. The van der Waals surface area contributed by atoms with E-state index >= 15 is 0 Å². The Kier molecular flexibility index (Phi) is 3.63. The first kappa shape index (κ1) is 15.4. The summed E-state index contributed by atoms with van der Waals surface area (Å²) in [6.07, 6.45) is 6.44. The van der Waals surface area contributed by atoms with Crippen LogP contribution in [0.3, 0.4) is 0 Å². The molecule has 0 radical (unpaired) electrons. The third kappa shape index (κ3) is 2.04.